The quantitative estimate of drug-likeness (QED) is 0.749. The number of carbonyl (C=O) groups excluding carboxylic acids is 1. The molecule has 130 valence electrons. The molecule has 2 aromatic carbocycles. The van der Waals surface area contributed by atoms with E-state index < -0.39 is 5.72 Å². The Morgan fingerprint density at radius 3 is 2.92 bits per heavy atom. The minimum atomic E-state index is -0.841. The van der Waals surface area contributed by atoms with Gasteiger partial charge in [-0.15, -0.1) is 0 Å². The lowest BCUT2D eigenvalue weighted by atomic mass is 9.90. The van der Waals surface area contributed by atoms with Gasteiger partial charge in [0.2, 0.25) is 0 Å². The summed E-state index contributed by atoms with van der Waals surface area (Å²) in [6, 6.07) is 10.6. The second kappa shape index (κ2) is 5.81. The first kappa shape index (κ1) is 16.5. The van der Waals surface area contributed by atoms with E-state index in [9.17, 15) is 4.79 Å². The molecule has 0 spiro atoms. The predicted octanol–water partition coefficient (Wildman–Crippen LogP) is 4.88. The molecule has 1 N–H and O–H groups in total. The molecule has 2 aromatic rings. The number of halogens is 2. The average molecular weight is 424 g/mol. The first-order chi connectivity index (χ1) is 11.9. The molecular formula is C18H16BrClN2O3. The molecule has 0 saturated carbocycles. The van der Waals surface area contributed by atoms with E-state index in [-0.39, 0.29) is 12.1 Å². The zero-order valence-electron chi connectivity index (χ0n) is 13.7. The van der Waals surface area contributed by atoms with Gasteiger partial charge in [0.15, 0.2) is 17.2 Å². The lowest BCUT2D eigenvalue weighted by Crippen LogP contribution is -2.65. The third kappa shape index (κ3) is 2.64. The van der Waals surface area contributed by atoms with Crippen molar-refractivity contribution in [2.45, 2.75) is 25.1 Å². The van der Waals surface area contributed by atoms with Crippen molar-refractivity contribution in [2.75, 3.05) is 12.0 Å². The van der Waals surface area contributed by atoms with Gasteiger partial charge < -0.3 is 14.8 Å². The van der Waals surface area contributed by atoms with Gasteiger partial charge in [0.25, 0.3) is 0 Å². The number of nitrogens with one attached hydrogen (secondary N) is 1. The number of urea groups is 1. The number of methoxy groups -OCH3 is 1. The molecule has 2 bridgehead atoms. The van der Waals surface area contributed by atoms with Crippen molar-refractivity contribution >= 4 is 39.2 Å². The first-order valence-corrected chi connectivity index (χ1v) is 9.01. The maximum Gasteiger partial charge on any atom is 0.325 e. The zero-order chi connectivity index (χ0) is 17.8. The third-order valence-electron chi connectivity index (χ3n) is 4.59. The molecule has 1 saturated heterocycles. The van der Waals surface area contributed by atoms with Gasteiger partial charge in [-0.2, -0.15) is 0 Å². The van der Waals surface area contributed by atoms with Crippen LogP contribution >= 0.6 is 27.5 Å². The Labute approximate surface area is 159 Å². The molecule has 25 heavy (non-hydrogen) atoms. The van der Waals surface area contributed by atoms with Crippen LogP contribution in [0.4, 0.5) is 10.5 Å². The zero-order valence-corrected chi connectivity index (χ0v) is 16.0. The molecular weight excluding hydrogens is 408 g/mol. The minimum Gasteiger partial charge on any atom is -0.493 e. The summed E-state index contributed by atoms with van der Waals surface area (Å²) >= 11 is 9.60. The number of carbonyl (C=O) groups is 1. The van der Waals surface area contributed by atoms with Crippen LogP contribution in [0.5, 0.6) is 11.5 Å². The van der Waals surface area contributed by atoms with Gasteiger partial charge in [0.05, 0.1) is 18.8 Å². The molecule has 7 heteroatoms. The van der Waals surface area contributed by atoms with Gasteiger partial charge in [-0.3, -0.25) is 4.90 Å². The summed E-state index contributed by atoms with van der Waals surface area (Å²) in [7, 11) is 1.60. The molecule has 0 radical (unpaired) electrons. The molecule has 2 atom stereocenters. The Bertz CT molecular complexity index is 875. The summed E-state index contributed by atoms with van der Waals surface area (Å²) in [5.74, 6) is 1.28. The fourth-order valence-corrected chi connectivity index (χ4v) is 4.20. The van der Waals surface area contributed by atoms with E-state index in [1.54, 1.807) is 24.1 Å². The smallest absolute Gasteiger partial charge is 0.325 e. The topological polar surface area (TPSA) is 50.8 Å². The first-order valence-electron chi connectivity index (χ1n) is 7.84. The molecule has 0 aliphatic carbocycles. The Balaban J connectivity index is 1.84. The molecule has 5 nitrogen and oxygen atoms in total. The Morgan fingerprint density at radius 2 is 2.20 bits per heavy atom. The van der Waals surface area contributed by atoms with Gasteiger partial charge in [-0.1, -0.05) is 33.6 Å². The Kier molecular flexibility index (Phi) is 3.85. The molecule has 4 rings (SSSR count). The fourth-order valence-electron chi connectivity index (χ4n) is 3.56. The molecule has 2 aliphatic rings. The maximum atomic E-state index is 12.8. The van der Waals surface area contributed by atoms with E-state index in [1.807, 2.05) is 31.2 Å². The van der Waals surface area contributed by atoms with Crippen LogP contribution in [0.25, 0.3) is 0 Å². The second-order valence-electron chi connectivity index (χ2n) is 6.32. The van der Waals surface area contributed by atoms with Crippen LogP contribution in [-0.2, 0) is 0 Å². The maximum absolute atomic E-state index is 12.8. The monoisotopic (exact) mass is 422 g/mol. The van der Waals surface area contributed by atoms with E-state index >= 15 is 0 Å². The van der Waals surface area contributed by atoms with Crippen LogP contribution in [0.3, 0.4) is 0 Å². The average Bonchev–Trinajstić information content (AvgIpc) is 2.54. The summed E-state index contributed by atoms with van der Waals surface area (Å²) in [5, 5.41) is 3.63. The van der Waals surface area contributed by atoms with Crippen LogP contribution in [-0.4, -0.2) is 18.9 Å². The number of benzene rings is 2. The van der Waals surface area contributed by atoms with E-state index in [0.717, 1.165) is 10.0 Å². The lowest BCUT2D eigenvalue weighted by molar-refractivity contribution is 0.0349. The highest BCUT2D eigenvalue weighted by Gasteiger charge is 2.50. The van der Waals surface area contributed by atoms with Gasteiger partial charge in [0, 0.05) is 21.5 Å². The van der Waals surface area contributed by atoms with Crippen LogP contribution in [0, 0.1) is 0 Å². The largest absolute Gasteiger partial charge is 0.493 e. The number of rotatable bonds is 2. The van der Waals surface area contributed by atoms with Gasteiger partial charge in [0.1, 0.15) is 0 Å². The predicted molar refractivity (Wildman–Crippen MR) is 99.5 cm³/mol. The van der Waals surface area contributed by atoms with Gasteiger partial charge in [-0.05, 0) is 37.3 Å². The summed E-state index contributed by atoms with van der Waals surface area (Å²) in [6.45, 7) is 1.91. The summed E-state index contributed by atoms with van der Waals surface area (Å²) in [6.07, 6.45) is 0.609. The number of ether oxygens (including phenoxy) is 2. The van der Waals surface area contributed by atoms with Crippen LogP contribution in [0.1, 0.15) is 24.9 Å². The number of hydrogen-bond acceptors (Lipinski definition) is 3. The molecule has 1 fully saturated rings. The minimum absolute atomic E-state index is 0.150. The van der Waals surface area contributed by atoms with E-state index in [1.165, 1.54) is 0 Å². The number of anilines is 1. The Morgan fingerprint density at radius 1 is 1.40 bits per heavy atom. The molecule has 2 aliphatic heterocycles. The summed E-state index contributed by atoms with van der Waals surface area (Å²) in [5.41, 5.74) is 0.750. The van der Waals surface area contributed by atoms with Crippen molar-refractivity contribution in [3.8, 4) is 11.5 Å². The number of fused-ring (bicyclic) bond motifs is 4. The molecule has 0 aromatic heterocycles. The number of hydrogen-bond donors (Lipinski definition) is 1. The normalized spacial score (nSPS) is 24.2. The molecule has 2 amide bonds. The van der Waals surface area contributed by atoms with E-state index in [4.69, 9.17) is 21.1 Å². The number of nitrogens with zero attached hydrogens (tertiary/aromatic N) is 1. The van der Waals surface area contributed by atoms with Crippen molar-refractivity contribution < 1.29 is 14.3 Å². The van der Waals surface area contributed by atoms with Crippen molar-refractivity contribution in [1.82, 2.24) is 5.32 Å². The van der Waals surface area contributed by atoms with Gasteiger partial charge >= 0.3 is 6.03 Å². The highest BCUT2D eigenvalue weighted by atomic mass is 79.9. The lowest BCUT2D eigenvalue weighted by Gasteiger charge is -2.50. The standard InChI is InChI=1S/C18H16BrClN2O3/c1-18-9-14(13-6-10(19)7-15(24-2)16(13)25-18)21-17(23)22(18)12-5-3-4-11(20)8-12/h3-8,14H,9H2,1-2H3,(H,21,23)/t14-,18-/m1/s1. The second-order valence-corrected chi connectivity index (χ2v) is 7.68. The van der Waals surface area contributed by atoms with Crippen molar-refractivity contribution in [1.29, 1.82) is 0 Å². The van der Waals surface area contributed by atoms with Crippen molar-refractivity contribution in [3.63, 3.8) is 0 Å². The van der Waals surface area contributed by atoms with E-state index in [2.05, 4.69) is 21.2 Å². The summed E-state index contributed by atoms with van der Waals surface area (Å²) in [4.78, 5) is 14.4. The third-order valence-corrected chi connectivity index (χ3v) is 5.28. The highest BCUT2D eigenvalue weighted by molar-refractivity contribution is 9.10. The molecule has 0 unspecified atom stereocenters. The van der Waals surface area contributed by atoms with E-state index in [0.29, 0.717) is 28.6 Å². The van der Waals surface area contributed by atoms with Crippen molar-refractivity contribution in [2.24, 2.45) is 0 Å². The van der Waals surface area contributed by atoms with Crippen LogP contribution in [0.15, 0.2) is 40.9 Å². The fraction of sp³-hybridized carbons (Fsp3) is 0.278. The van der Waals surface area contributed by atoms with Gasteiger partial charge in [-0.25, -0.2) is 4.79 Å². The van der Waals surface area contributed by atoms with Crippen LogP contribution in [0.2, 0.25) is 5.02 Å². The highest BCUT2D eigenvalue weighted by Crippen LogP contribution is 2.50. The summed E-state index contributed by atoms with van der Waals surface area (Å²) < 4.78 is 12.7. The van der Waals surface area contributed by atoms with Crippen LogP contribution < -0.4 is 19.7 Å². The number of amides is 2. The molecule has 2 heterocycles. The van der Waals surface area contributed by atoms with Crippen molar-refractivity contribution in [3.05, 3.63) is 51.5 Å². The SMILES string of the molecule is COc1cc(Br)cc2c1O[C@]1(C)C[C@H]2NC(=O)N1c1cccc(Cl)c1. The Hall–Kier alpha value is -1.92.